The average Bonchev–Trinajstić information content (AvgIpc) is 2.64. The fourth-order valence-electron chi connectivity index (χ4n) is 1.77. The maximum absolute atomic E-state index is 11.2. The maximum Gasteiger partial charge on any atom is 0.222 e. The topological polar surface area (TPSA) is 41.1 Å². The monoisotopic (exact) mass is 198 g/mol. The van der Waals surface area contributed by atoms with Gasteiger partial charge in [-0.2, -0.15) is 0 Å². The normalized spacial score (nSPS) is 21.5. The van der Waals surface area contributed by atoms with E-state index in [-0.39, 0.29) is 11.8 Å². The molecular formula is C11H22N2O. The lowest BCUT2D eigenvalue weighted by molar-refractivity contribution is -0.123. The molecule has 1 atom stereocenters. The van der Waals surface area contributed by atoms with Crippen molar-refractivity contribution in [2.45, 2.75) is 45.6 Å². The molecule has 3 heteroatoms. The Kier molecular flexibility index (Phi) is 4.94. The summed E-state index contributed by atoms with van der Waals surface area (Å²) < 4.78 is 0. The van der Waals surface area contributed by atoms with Crippen molar-refractivity contribution in [3.63, 3.8) is 0 Å². The van der Waals surface area contributed by atoms with Crippen LogP contribution in [0, 0.1) is 5.92 Å². The molecule has 0 aromatic rings. The average molecular weight is 198 g/mol. The highest BCUT2D eigenvalue weighted by Crippen LogP contribution is 2.09. The lowest BCUT2D eigenvalue weighted by atomic mass is 10.1. The second-order valence-corrected chi connectivity index (χ2v) is 4.38. The van der Waals surface area contributed by atoms with E-state index in [4.69, 9.17) is 0 Å². The molecule has 1 rings (SSSR count). The summed E-state index contributed by atoms with van der Waals surface area (Å²) in [5, 5.41) is 6.39. The van der Waals surface area contributed by atoms with E-state index < -0.39 is 0 Å². The minimum absolute atomic E-state index is 0.111. The molecule has 0 saturated carbocycles. The van der Waals surface area contributed by atoms with Gasteiger partial charge in [0.2, 0.25) is 5.91 Å². The first-order chi connectivity index (χ1) is 6.70. The van der Waals surface area contributed by atoms with E-state index in [9.17, 15) is 4.79 Å². The minimum atomic E-state index is 0.111. The van der Waals surface area contributed by atoms with Gasteiger partial charge in [-0.3, -0.25) is 4.79 Å². The fraction of sp³-hybridized carbons (Fsp3) is 0.909. The molecule has 0 spiro atoms. The smallest absolute Gasteiger partial charge is 0.222 e. The molecule has 14 heavy (non-hydrogen) atoms. The fourth-order valence-corrected chi connectivity index (χ4v) is 1.77. The molecule has 1 saturated heterocycles. The number of amides is 1. The Morgan fingerprint density at radius 2 is 2.36 bits per heavy atom. The largest absolute Gasteiger partial charge is 0.356 e. The summed E-state index contributed by atoms with van der Waals surface area (Å²) in [5.74, 6) is 0.281. The van der Waals surface area contributed by atoms with Crippen molar-refractivity contribution in [3.05, 3.63) is 0 Å². The first-order valence-electron chi connectivity index (χ1n) is 5.71. The summed E-state index contributed by atoms with van der Waals surface area (Å²) in [4.78, 5) is 11.2. The van der Waals surface area contributed by atoms with Gasteiger partial charge in [-0.05, 0) is 32.2 Å². The van der Waals surface area contributed by atoms with E-state index in [1.54, 1.807) is 0 Å². The van der Waals surface area contributed by atoms with E-state index in [2.05, 4.69) is 10.6 Å². The Bertz CT molecular complexity index is 174. The van der Waals surface area contributed by atoms with Crippen LogP contribution in [0.3, 0.4) is 0 Å². The van der Waals surface area contributed by atoms with Crippen LogP contribution in [-0.2, 0) is 4.79 Å². The Morgan fingerprint density at radius 3 is 2.93 bits per heavy atom. The van der Waals surface area contributed by atoms with Crippen molar-refractivity contribution in [2.24, 2.45) is 5.92 Å². The molecule has 0 bridgehead atoms. The van der Waals surface area contributed by atoms with Gasteiger partial charge in [0.05, 0.1) is 0 Å². The van der Waals surface area contributed by atoms with Crippen LogP contribution in [0.5, 0.6) is 0 Å². The van der Waals surface area contributed by atoms with Gasteiger partial charge in [-0.15, -0.1) is 0 Å². The quantitative estimate of drug-likeness (QED) is 0.654. The molecule has 1 fully saturated rings. The zero-order valence-corrected chi connectivity index (χ0v) is 9.31. The zero-order chi connectivity index (χ0) is 10.4. The summed E-state index contributed by atoms with van der Waals surface area (Å²) in [6.07, 6.45) is 4.90. The van der Waals surface area contributed by atoms with Crippen LogP contribution < -0.4 is 10.6 Å². The molecule has 1 unspecified atom stereocenters. The molecule has 0 aromatic heterocycles. The number of nitrogens with one attached hydrogen (secondary N) is 2. The lowest BCUT2D eigenvalue weighted by Crippen LogP contribution is -2.30. The number of hydrogen-bond donors (Lipinski definition) is 2. The van der Waals surface area contributed by atoms with Crippen LogP contribution >= 0.6 is 0 Å². The highest BCUT2D eigenvalue weighted by atomic mass is 16.1. The van der Waals surface area contributed by atoms with E-state index in [0.29, 0.717) is 6.04 Å². The third kappa shape index (κ3) is 4.09. The standard InChI is InChI=1S/C11H22N2O/c1-9(2)11(14)13-8-4-6-10-5-3-7-12-10/h9-10,12H,3-8H2,1-2H3,(H,13,14). The van der Waals surface area contributed by atoms with E-state index in [1.165, 1.54) is 25.8 Å². The predicted octanol–water partition coefficient (Wildman–Crippen LogP) is 1.29. The molecule has 2 N–H and O–H groups in total. The minimum Gasteiger partial charge on any atom is -0.356 e. The molecule has 3 nitrogen and oxygen atoms in total. The van der Waals surface area contributed by atoms with E-state index in [1.807, 2.05) is 13.8 Å². The summed E-state index contributed by atoms with van der Waals surface area (Å²) in [7, 11) is 0. The Labute approximate surface area is 86.6 Å². The zero-order valence-electron chi connectivity index (χ0n) is 9.31. The molecule has 0 aliphatic carbocycles. The van der Waals surface area contributed by atoms with E-state index in [0.717, 1.165) is 13.0 Å². The summed E-state index contributed by atoms with van der Waals surface area (Å²) >= 11 is 0. The highest BCUT2D eigenvalue weighted by molar-refractivity contribution is 5.77. The summed E-state index contributed by atoms with van der Waals surface area (Å²) in [6.45, 7) is 5.85. The van der Waals surface area contributed by atoms with Gasteiger partial charge in [0.15, 0.2) is 0 Å². The van der Waals surface area contributed by atoms with Gasteiger partial charge < -0.3 is 10.6 Å². The Morgan fingerprint density at radius 1 is 1.57 bits per heavy atom. The molecule has 1 heterocycles. The van der Waals surface area contributed by atoms with Gasteiger partial charge in [0, 0.05) is 18.5 Å². The lowest BCUT2D eigenvalue weighted by Gasteiger charge is -2.11. The highest BCUT2D eigenvalue weighted by Gasteiger charge is 2.13. The van der Waals surface area contributed by atoms with Crippen LogP contribution in [0.15, 0.2) is 0 Å². The number of rotatable bonds is 5. The summed E-state index contributed by atoms with van der Waals surface area (Å²) in [5.41, 5.74) is 0. The predicted molar refractivity (Wildman–Crippen MR) is 58.1 cm³/mol. The van der Waals surface area contributed by atoms with Crippen molar-refractivity contribution in [2.75, 3.05) is 13.1 Å². The van der Waals surface area contributed by atoms with Crippen molar-refractivity contribution < 1.29 is 4.79 Å². The van der Waals surface area contributed by atoms with Crippen molar-refractivity contribution in [1.82, 2.24) is 10.6 Å². The first-order valence-corrected chi connectivity index (χ1v) is 5.71. The van der Waals surface area contributed by atoms with Crippen molar-refractivity contribution in [1.29, 1.82) is 0 Å². The van der Waals surface area contributed by atoms with Crippen LogP contribution in [0.4, 0.5) is 0 Å². The van der Waals surface area contributed by atoms with Gasteiger partial charge in [-0.25, -0.2) is 0 Å². The van der Waals surface area contributed by atoms with Gasteiger partial charge in [-0.1, -0.05) is 13.8 Å². The third-order valence-corrected chi connectivity index (χ3v) is 2.72. The van der Waals surface area contributed by atoms with E-state index >= 15 is 0 Å². The number of carbonyl (C=O) groups is 1. The second kappa shape index (κ2) is 6.02. The number of carbonyl (C=O) groups excluding carboxylic acids is 1. The summed E-state index contributed by atoms with van der Waals surface area (Å²) in [6, 6.07) is 0.700. The first kappa shape index (κ1) is 11.5. The Hall–Kier alpha value is -0.570. The van der Waals surface area contributed by atoms with Gasteiger partial charge >= 0.3 is 0 Å². The molecule has 1 amide bonds. The molecule has 0 radical (unpaired) electrons. The molecule has 1 aliphatic rings. The van der Waals surface area contributed by atoms with Gasteiger partial charge in [0.25, 0.3) is 0 Å². The molecule has 0 aromatic carbocycles. The third-order valence-electron chi connectivity index (χ3n) is 2.72. The second-order valence-electron chi connectivity index (χ2n) is 4.38. The molecule has 82 valence electrons. The van der Waals surface area contributed by atoms with Crippen LogP contribution in [0.25, 0.3) is 0 Å². The van der Waals surface area contributed by atoms with Crippen LogP contribution in [-0.4, -0.2) is 25.0 Å². The van der Waals surface area contributed by atoms with Crippen molar-refractivity contribution >= 4 is 5.91 Å². The van der Waals surface area contributed by atoms with Crippen molar-refractivity contribution in [3.8, 4) is 0 Å². The van der Waals surface area contributed by atoms with Crippen LogP contribution in [0.1, 0.15) is 39.5 Å². The molecular weight excluding hydrogens is 176 g/mol. The SMILES string of the molecule is CC(C)C(=O)NCCCC1CCCN1. The number of hydrogen-bond acceptors (Lipinski definition) is 2. The molecule has 1 aliphatic heterocycles. The van der Waals surface area contributed by atoms with Crippen LogP contribution in [0.2, 0.25) is 0 Å². The maximum atomic E-state index is 11.2. The Balaban J connectivity index is 1.96. The van der Waals surface area contributed by atoms with Gasteiger partial charge in [0.1, 0.15) is 0 Å².